The molecule has 1 saturated heterocycles. The summed E-state index contributed by atoms with van der Waals surface area (Å²) in [6.45, 7) is 2.19. The van der Waals surface area contributed by atoms with Gasteiger partial charge in [0.25, 0.3) is 11.8 Å². The van der Waals surface area contributed by atoms with Gasteiger partial charge in [-0.15, -0.1) is 0 Å². The molecule has 0 aliphatic carbocycles. The molecule has 0 saturated carbocycles. The number of rotatable bonds is 7. The predicted octanol–water partition coefficient (Wildman–Crippen LogP) is -0.373. The van der Waals surface area contributed by atoms with Gasteiger partial charge in [0.1, 0.15) is 6.04 Å². The molecule has 0 bridgehead atoms. The van der Waals surface area contributed by atoms with Crippen LogP contribution in [0.5, 0.6) is 0 Å². The van der Waals surface area contributed by atoms with Crippen molar-refractivity contribution in [2.45, 2.75) is 19.0 Å². The third kappa shape index (κ3) is 7.40. The number of carbonyl (C=O) groups excluding carboxylic acids is 4. The van der Waals surface area contributed by atoms with Gasteiger partial charge in [-0.2, -0.15) is 0 Å². The number of piperazine rings is 1. The molecule has 35 heavy (non-hydrogen) atoms. The molecule has 10 nitrogen and oxygen atoms in total. The third-order valence-electron chi connectivity index (χ3n) is 5.42. The molecule has 4 amide bonds. The fourth-order valence-corrected chi connectivity index (χ4v) is 3.41. The van der Waals surface area contributed by atoms with Crippen LogP contribution in [0, 0.1) is 11.8 Å². The molecule has 2 atom stereocenters. The minimum absolute atomic E-state index is 0.0299. The van der Waals surface area contributed by atoms with Crippen molar-refractivity contribution in [3.8, 4) is 11.8 Å². The number of nitrogens with zero attached hydrogens (tertiary/aromatic N) is 1. The van der Waals surface area contributed by atoms with Crippen LogP contribution < -0.4 is 21.4 Å². The van der Waals surface area contributed by atoms with Crippen molar-refractivity contribution in [3.63, 3.8) is 0 Å². The summed E-state index contributed by atoms with van der Waals surface area (Å²) in [6, 6.07) is 14.2. The van der Waals surface area contributed by atoms with E-state index in [1.165, 1.54) is 4.90 Å². The summed E-state index contributed by atoms with van der Waals surface area (Å²) in [6.07, 6.45) is 0. The number of amides is 4. The van der Waals surface area contributed by atoms with Gasteiger partial charge in [0.15, 0.2) is 0 Å². The lowest BCUT2D eigenvalue weighted by Gasteiger charge is -2.28. The van der Waals surface area contributed by atoms with Crippen molar-refractivity contribution in [2.75, 3.05) is 26.2 Å². The molecule has 0 aromatic heterocycles. The van der Waals surface area contributed by atoms with E-state index in [0.29, 0.717) is 18.7 Å². The normalized spacial score (nSPS) is 14.6. The largest absolute Gasteiger partial charge is 0.353 e. The van der Waals surface area contributed by atoms with Crippen LogP contribution in [0.4, 0.5) is 0 Å². The van der Waals surface area contributed by atoms with Crippen LogP contribution in [0.3, 0.4) is 0 Å². The average Bonchev–Trinajstić information content (AvgIpc) is 2.89. The fraction of sp³-hybridized carbons (Fsp3) is 0.280. The van der Waals surface area contributed by atoms with E-state index in [2.05, 4.69) is 27.8 Å². The number of hydrogen-bond donors (Lipinski definition) is 5. The summed E-state index contributed by atoms with van der Waals surface area (Å²) in [5.74, 6) is 4.14. The van der Waals surface area contributed by atoms with E-state index in [1.54, 1.807) is 36.7 Å². The molecule has 10 heteroatoms. The van der Waals surface area contributed by atoms with Gasteiger partial charge in [-0.05, 0) is 43.3 Å². The lowest BCUT2D eigenvalue weighted by Crippen LogP contribution is -2.58. The lowest BCUT2D eigenvalue weighted by atomic mass is 10.1. The van der Waals surface area contributed by atoms with E-state index in [-0.39, 0.29) is 24.9 Å². The summed E-state index contributed by atoms with van der Waals surface area (Å²) in [5, 5.41) is 17.2. The van der Waals surface area contributed by atoms with Gasteiger partial charge >= 0.3 is 0 Å². The van der Waals surface area contributed by atoms with Gasteiger partial charge < -0.3 is 20.9 Å². The molecule has 0 spiro atoms. The van der Waals surface area contributed by atoms with Crippen LogP contribution in [-0.2, 0) is 14.4 Å². The number of hydroxylamine groups is 1. The van der Waals surface area contributed by atoms with E-state index >= 15 is 0 Å². The Kier molecular flexibility index (Phi) is 8.95. The molecular formula is C25H27N5O5. The van der Waals surface area contributed by atoms with Crippen LogP contribution in [-0.4, -0.2) is 72.0 Å². The Morgan fingerprint density at radius 3 is 2.34 bits per heavy atom. The molecule has 3 rings (SSSR count). The zero-order chi connectivity index (χ0) is 25.2. The SMILES string of the molecule is C[C@@H](NCC(=O)N1CCNC(=O)C1)[C@H](NC(=O)c1ccc(C#Cc2ccccc2)cc1)C(=O)NO. The average molecular weight is 478 g/mol. The monoisotopic (exact) mass is 477 g/mol. The molecule has 1 aliphatic rings. The summed E-state index contributed by atoms with van der Waals surface area (Å²) >= 11 is 0. The van der Waals surface area contributed by atoms with E-state index < -0.39 is 23.9 Å². The maximum atomic E-state index is 12.7. The molecule has 2 aromatic rings. The van der Waals surface area contributed by atoms with Gasteiger partial charge in [0, 0.05) is 35.8 Å². The maximum Gasteiger partial charge on any atom is 0.267 e. The van der Waals surface area contributed by atoms with Crippen LogP contribution in [0.25, 0.3) is 0 Å². The van der Waals surface area contributed by atoms with Crippen molar-refractivity contribution >= 4 is 23.6 Å². The molecule has 2 aromatic carbocycles. The Labute approximate surface area is 203 Å². The second kappa shape index (κ2) is 12.3. The first-order valence-corrected chi connectivity index (χ1v) is 11.1. The zero-order valence-corrected chi connectivity index (χ0v) is 19.2. The molecule has 5 N–H and O–H groups in total. The first kappa shape index (κ1) is 25.4. The van der Waals surface area contributed by atoms with Crippen LogP contribution in [0.15, 0.2) is 54.6 Å². The van der Waals surface area contributed by atoms with Gasteiger partial charge in [-0.1, -0.05) is 30.0 Å². The summed E-state index contributed by atoms with van der Waals surface area (Å²) in [7, 11) is 0. The second-order valence-corrected chi connectivity index (χ2v) is 7.96. The number of hydrogen-bond acceptors (Lipinski definition) is 6. The predicted molar refractivity (Wildman–Crippen MR) is 127 cm³/mol. The number of nitrogens with one attached hydrogen (secondary N) is 4. The topological polar surface area (TPSA) is 140 Å². The zero-order valence-electron chi connectivity index (χ0n) is 19.2. The molecule has 1 fully saturated rings. The smallest absolute Gasteiger partial charge is 0.267 e. The standard InChI is InChI=1S/C25H27N5O5/c1-17(27-15-22(32)30-14-13-26-21(31)16-30)23(25(34)29-35)28-24(33)20-11-9-19(10-12-20)8-7-18-5-3-2-4-6-18/h2-6,9-12,17,23,27,35H,13-16H2,1H3,(H,26,31)(H,28,33)(H,29,34)/t17-,23+/m1/s1. The summed E-state index contributed by atoms with van der Waals surface area (Å²) in [5.41, 5.74) is 3.43. The van der Waals surface area contributed by atoms with Crippen molar-refractivity contribution in [2.24, 2.45) is 0 Å². The second-order valence-electron chi connectivity index (χ2n) is 7.96. The van der Waals surface area contributed by atoms with Crippen LogP contribution >= 0.6 is 0 Å². The highest BCUT2D eigenvalue weighted by Crippen LogP contribution is 2.06. The van der Waals surface area contributed by atoms with Crippen molar-refractivity contribution < 1.29 is 24.4 Å². The first-order chi connectivity index (χ1) is 16.9. The minimum atomic E-state index is -1.16. The Morgan fingerprint density at radius 2 is 1.71 bits per heavy atom. The van der Waals surface area contributed by atoms with Crippen molar-refractivity contribution in [3.05, 3.63) is 71.3 Å². The molecule has 0 unspecified atom stereocenters. The van der Waals surface area contributed by atoms with Crippen LogP contribution in [0.2, 0.25) is 0 Å². The minimum Gasteiger partial charge on any atom is -0.353 e. The highest BCUT2D eigenvalue weighted by atomic mass is 16.5. The molecule has 1 heterocycles. The fourth-order valence-electron chi connectivity index (χ4n) is 3.41. The van der Waals surface area contributed by atoms with Gasteiger partial charge in [-0.25, -0.2) is 5.48 Å². The van der Waals surface area contributed by atoms with Crippen LogP contribution in [0.1, 0.15) is 28.4 Å². The Hall–Kier alpha value is -4.20. The van der Waals surface area contributed by atoms with Gasteiger partial charge in [0.2, 0.25) is 11.8 Å². The highest BCUT2D eigenvalue weighted by molar-refractivity contribution is 5.97. The third-order valence-corrected chi connectivity index (χ3v) is 5.42. The molecular weight excluding hydrogens is 450 g/mol. The molecule has 0 radical (unpaired) electrons. The number of carbonyl (C=O) groups is 4. The number of benzene rings is 2. The highest BCUT2D eigenvalue weighted by Gasteiger charge is 2.28. The Morgan fingerprint density at radius 1 is 1.06 bits per heavy atom. The van der Waals surface area contributed by atoms with E-state index in [1.807, 2.05) is 30.3 Å². The summed E-state index contributed by atoms with van der Waals surface area (Å²) < 4.78 is 0. The van der Waals surface area contributed by atoms with E-state index in [0.717, 1.165) is 11.1 Å². The van der Waals surface area contributed by atoms with Gasteiger partial charge in [0.05, 0.1) is 13.1 Å². The molecule has 182 valence electrons. The van der Waals surface area contributed by atoms with E-state index in [4.69, 9.17) is 5.21 Å². The lowest BCUT2D eigenvalue weighted by molar-refractivity contribution is -0.137. The molecule has 1 aliphatic heterocycles. The van der Waals surface area contributed by atoms with Crippen molar-refractivity contribution in [1.29, 1.82) is 0 Å². The summed E-state index contributed by atoms with van der Waals surface area (Å²) in [4.78, 5) is 50.2. The Balaban J connectivity index is 1.59. The maximum absolute atomic E-state index is 12.7. The van der Waals surface area contributed by atoms with E-state index in [9.17, 15) is 19.2 Å². The quantitative estimate of drug-likeness (QED) is 0.209. The first-order valence-electron chi connectivity index (χ1n) is 11.1. The Bertz CT molecular complexity index is 1120. The van der Waals surface area contributed by atoms with Crippen molar-refractivity contribution in [1.82, 2.24) is 26.3 Å². The van der Waals surface area contributed by atoms with Gasteiger partial charge in [-0.3, -0.25) is 24.4 Å².